The van der Waals surface area contributed by atoms with E-state index in [-0.39, 0.29) is 34.1 Å². The predicted molar refractivity (Wildman–Crippen MR) is 107 cm³/mol. The highest BCUT2D eigenvalue weighted by Crippen LogP contribution is 2.34. The highest BCUT2D eigenvalue weighted by molar-refractivity contribution is 6.31. The smallest absolute Gasteiger partial charge is 0.282 e. The monoisotopic (exact) mass is 405 g/mol. The number of non-ortho nitro benzene ring substituents is 1. The Labute approximate surface area is 170 Å². The van der Waals surface area contributed by atoms with Crippen LogP contribution in [0.5, 0.6) is 5.75 Å². The average Bonchev–Trinajstić information content (AvgIpc) is 3.29. The van der Waals surface area contributed by atoms with Gasteiger partial charge in [0.1, 0.15) is 22.8 Å². The summed E-state index contributed by atoms with van der Waals surface area (Å²) in [6.07, 6.45) is 1.28. The van der Waals surface area contributed by atoms with Crippen molar-refractivity contribution in [2.75, 3.05) is 5.01 Å². The topological polar surface area (TPSA) is 126 Å². The number of carbonyl (C=O) groups excluding carboxylic acids is 2. The molecule has 1 aromatic heterocycles. The van der Waals surface area contributed by atoms with Crippen molar-refractivity contribution in [1.29, 1.82) is 0 Å². The lowest BCUT2D eigenvalue weighted by molar-refractivity contribution is -0.384. The molecule has 0 bridgehead atoms. The first-order chi connectivity index (χ1) is 14.3. The van der Waals surface area contributed by atoms with Gasteiger partial charge in [0, 0.05) is 12.1 Å². The highest BCUT2D eigenvalue weighted by atomic mass is 16.6. The second-order valence-corrected chi connectivity index (χ2v) is 6.64. The third-order valence-corrected chi connectivity index (χ3v) is 4.55. The van der Waals surface area contributed by atoms with Gasteiger partial charge in [-0.1, -0.05) is 17.7 Å². The molecule has 30 heavy (non-hydrogen) atoms. The van der Waals surface area contributed by atoms with Crippen LogP contribution >= 0.6 is 0 Å². The summed E-state index contributed by atoms with van der Waals surface area (Å²) in [5, 5.41) is 22.1. The zero-order chi connectivity index (χ0) is 21.4. The highest BCUT2D eigenvalue weighted by Gasteiger charge is 2.34. The largest absolute Gasteiger partial charge is 0.507 e. The van der Waals surface area contributed by atoms with Crippen molar-refractivity contribution >= 4 is 29.3 Å². The number of benzene rings is 2. The lowest BCUT2D eigenvalue weighted by atomic mass is 10.1. The summed E-state index contributed by atoms with van der Waals surface area (Å²) in [5.74, 6) is -0.990. The molecule has 150 valence electrons. The van der Waals surface area contributed by atoms with E-state index in [0.29, 0.717) is 5.69 Å². The van der Waals surface area contributed by atoms with E-state index < -0.39 is 16.7 Å². The third kappa shape index (κ3) is 3.39. The molecule has 2 N–H and O–H groups in total. The Balaban J connectivity index is 1.64. The molecule has 0 atom stereocenters. The van der Waals surface area contributed by atoms with Crippen LogP contribution in [-0.4, -0.2) is 21.8 Å². The first-order valence-corrected chi connectivity index (χ1v) is 8.85. The summed E-state index contributed by atoms with van der Waals surface area (Å²) in [6.45, 7) is 1.91. The summed E-state index contributed by atoms with van der Waals surface area (Å²) in [6, 6.07) is 13.6. The van der Waals surface area contributed by atoms with E-state index in [4.69, 9.17) is 4.42 Å². The first kappa shape index (κ1) is 18.9. The molecule has 0 aliphatic carbocycles. The Morgan fingerprint density at radius 2 is 1.83 bits per heavy atom. The molecule has 3 aromatic rings. The molecule has 0 spiro atoms. The number of anilines is 1. The number of hydrogen-bond donors (Lipinski definition) is 2. The number of nitrogens with zero attached hydrogens (tertiary/aromatic N) is 2. The molecule has 1 aliphatic rings. The minimum Gasteiger partial charge on any atom is -0.507 e. The molecule has 1 saturated heterocycles. The number of furan rings is 1. The molecule has 1 aliphatic heterocycles. The molecular formula is C21H15N3O6. The Morgan fingerprint density at radius 3 is 2.53 bits per heavy atom. The fourth-order valence-electron chi connectivity index (χ4n) is 2.99. The molecule has 9 nitrogen and oxygen atoms in total. The van der Waals surface area contributed by atoms with Crippen LogP contribution in [-0.2, 0) is 9.59 Å². The van der Waals surface area contributed by atoms with E-state index >= 15 is 0 Å². The van der Waals surface area contributed by atoms with Gasteiger partial charge in [-0.2, -0.15) is 0 Å². The molecule has 1 fully saturated rings. The minimum absolute atomic E-state index is 0.123. The third-order valence-electron chi connectivity index (χ3n) is 4.55. The standard InChI is InChI=1S/C21H15N3O6/c1-12-2-4-13(5-3-12)23-21(27)17(20(26)22-23)11-15-7-9-19(30-15)16-10-14(24(28)29)6-8-18(16)25/h2-11,25H,1H3,(H,22,26)/b17-11-. The van der Waals surface area contributed by atoms with E-state index in [0.717, 1.165) is 10.6 Å². The number of hydrazine groups is 1. The molecule has 0 radical (unpaired) electrons. The van der Waals surface area contributed by atoms with Crippen molar-refractivity contribution in [2.45, 2.75) is 6.92 Å². The van der Waals surface area contributed by atoms with Crippen molar-refractivity contribution in [2.24, 2.45) is 0 Å². The van der Waals surface area contributed by atoms with Crippen molar-refractivity contribution < 1.29 is 24.0 Å². The van der Waals surface area contributed by atoms with E-state index in [1.54, 1.807) is 12.1 Å². The number of aryl methyl sites for hydroxylation is 1. The van der Waals surface area contributed by atoms with Gasteiger partial charge in [0.05, 0.1) is 16.2 Å². The Kier molecular flexibility index (Phi) is 4.55. The number of nitro benzene ring substituents is 1. The first-order valence-electron chi connectivity index (χ1n) is 8.85. The van der Waals surface area contributed by atoms with Crippen molar-refractivity contribution in [3.05, 3.63) is 81.6 Å². The second-order valence-electron chi connectivity index (χ2n) is 6.64. The van der Waals surface area contributed by atoms with Gasteiger partial charge in [-0.15, -0.1) is 0 Å². The zero-order valence-corrected chi connectivity index (χ0v) is 15.7. The number of nitro groups is 1. The number of carbonyl (C=O) groups is 2. The Hall–Kier alpha value is -4.40. The maximum Gasteiger partial charge on any atom is 0.282 e. The summed E-state index contributed by atoms with van der Waals surface area (Å²) >= 11 is 0. The number of hydrogen-bond acceptors (Lipinski definition) is 6. The summed E-state index contributed by atoms with van der Waals surface area (Å²) in [5.41, 5.74) is 3.82. The van der Waals surface area contributed by atoms with Crippen LogP contribution in [0.4, 0.5) is 11.4 Å². The number of aromatic hydroxyl groups is 1. The summed E-state index contributed by atoms with van der Waals surface area (Å²) in [4.78, 5) is 35.3. The van der Waals surface area contributed by atoms with Crippen molar-refractivity contribution in [3.8, 4) is 17.1 Å². The van der Waals surface area contributed by atoms with Crippen LogP contribution in [0.1, 0.15) is 11.3 Å². The Bertz CT molecular complexity index is 1210. The van der Waals surface area contributed by atoms with E-state index in [2.05, 4.69) is 5.43 Å². The fraction of sp³-hybridized carbons (Fsp3) is 0.0476. The maximum absolute atomic E-state index is 12.7. The van der Waals surface area contributed by atoms with Crippen LogP contribution in [0.2, 0.25) is 0 Å². The van der Waals surface area contributed by atoms with Gasteiger partial charge in [0.15, 0.2) is 0 Å². The normalized spacial score (nSPS) is 15.0. The van der Waals surface area contributed by atoms with Gasteiger partial charge in [0.25, 0.3) is 17.5 Å². The molecule has 0 unspecified atom stereocenters. The summed E-state index contributed by atoms with van der Waals surface area (Å²) < 4.78 is 5.59. The number of phenols is 1. The van der Waals surface area contributed by atoms with Crippen LogP contribution < -0.4 is 10.4 Å². The van der Waals surface area contributed by atoms with Gasteiger partial charge < -0.3 is 9.52 Å². The SMILES string of the molecule is Cc1ccc(N2NC(=O)/C(=C/c3ccc(-c4cc([N+](=O)[O-])ccc4O)o3)C2=O)cc1. The van der Waals surface area contributed by atoms with Crippen LogP contribution in [0.3, 0.4) is 0 Å². The van der Waals surface area contributed by atoms with E-state index in [1.807, 2.05) is 19.1 Å². The van der Waals surface area contributed by atoms with Gasteiger partial charge >= 0.3 is 0 Å². The summed E-state index contributed by atoms with van der Waals surface area (Å²) in [7, 11) is 0. The lowest BCUT2D eigenvalue weighted by Gasteiger charge is -2.14. The number of amides is 2. The van der Waals surface area contributed by atoms with Crippen LogP contribution in [0, 0.1) is 17.0 Å². The van der Waals surface area contributed by atoms with E-state index in [1.165, 1.54) is 36.4 Å². The maximum atomic E-state index is 12.7. The fourth-order valence-corrected chi connectivity index (χ4v) is 2.99. The van der Waals surface area contributed by atoms with Crippen LogP contribution in [0.15, 0.2) is 64.6 Å². The van der Waals surface area contributed by atoms with Gasteiger partial charge in [-0.25, -0.2) is 5.01 Å². The number of rotatable bonds is 4. The van der Waals surface area contributed by atoms with E-state index in [9.17, 15) is 24.8 Å². The molecule has 2 aromatic carbocycles. The molecule has 4 rings (SSSR count). The predicted octanol–water partition coefficient (Wildman–Crippen LogP) is 3.33. The van der Waals surface area contributed by atoms with Gasteiger partial charge in [-0.05, 0) is 43.3 Å². The molecule has 2 heterocycles. The lowest BCUT2D eigenvalue weighted by Crippen LogP contribution is -2.35. The molecule has 2 amide bonds. The van der Waals surface area contributed by atoms with Gasteiger partial charge in [0.2, 0.25) is 0 Å². The number of phenolic OH excluding ortho intramolecular Hbond substituents is 1. The average molecular weight is 405 g/mol. The quantitative estimate of drug-likeness (QED) is 0.297. The molecular weight excluding hydrogens is 390 g/mol. The van der Waals surface area contributed by atoms with Gasteiger partial charge in [-0.3, -0.25) is 25.1 Å². The Morgan fingerprint density at radius 1 is 1.10 bits per heavy atom. The minimum atomic E-state index is -0.587. The second kappa shape index (κ2) is 7.21. The van der Waals surface area contributed by atoms with Crippen LogP contribution in [0.25, 0.3) is 17.4 Å². The molecule has 0 saturated carbocycles. The number of nitrogens with one attached hydrogen (secondary N) is 1. The zero-order valence-electron chi connectivity index (χ0n) is 15.7. The molecule has 9 heteroatoms. The van der Waals surface area contributed by atoms with Crippen molar-refractivity contribution in [1.82, 2.24) is 5.43 Å². The van der Waals surface area contributed by atoms with Crippen molar-refractivity contribution in [3.63, 3.8) is 0 Å².